The Balaban J connectivity index is 2.27. The standard InChI is InChI=1S/C13H13FN6O/c1-13(2,21)9-6-17-20-11(9)18-10(19-12(20)15)7-3-8(14)5-16-4-7/h3-6,21H,1-2H3,(H2,15,18,19). The monoisotopic (exact) mass is 288 g/mol. The summed E-state index contributed by atoms with van der Waals surface area (Å²) in [5.74, 6) is -0.182. The van der Waals surface area contributed by atoms with E-state index in [4.69, 9.17) is 5.73 Å². The summed E-state index contributed by atoms with van der Waals surface area (Å²) in [5, 5.41) is 14.2. The SMILES string of the molecule is CC(C)(O)c1cnn2c(N)nc(-c3cncc(F)c3)nc12. The third kappa shape index (κ3) is 2.29. The second-order valence-electron chi connectivity index (χ2n) is 5.15. The summed E-state index contributed by atoms with van der Waals surface area (Å²) in [6.07, 6.45) is 4.01. The quantitative estimate of drug-likeness (QED) is 0.733. The Morgan fingerprint density at radius 2 is 2.00 bits per heavy atom. The van der Waals surface area contributed by atoms with E-state index in [1.165, 1.54) is 23.0 Å². The van der Waals surface area contributed by atoms with Gasteiger partial charge in [-0.2, -0.15) is 14.6 Å². The minimum atomic E-state index is -1.14. The highest BCUT2D eigenvalue weighted by atomic mass is 19.1. The van der Waals surface area contributed by atoms with Crippen molar-refractivity contribution in [3.63, 3.8) is 0 Å². The lowest BCUT2D eigenvalue weighted by atomic mass is 10.0. The smallest absolute Gasteiger partial charge is 0.225 e. The third-order valence-corrected chi connectivity index (χ3v) is 3.02. The molecule has 7 nitrogen and oxygen atoms in total. The number of fused-ring (bicyclic) bond motifs is 1. The summed E-state index contributed by atoms with van der Waals surface area (Å²) in [7, 11) is 0. The van der Waals surface area contributed by atoms with Gasteiger partial charge in [-0.15, -0.1) is 0 Å². The molecular weight excluding hydrogens is 275 g/mol. The van der Waals surface area contributed by atoms with Crippen molar-refractivity contribution in [2.75, 3.05) is 5.73 Å². The van der Waals surface area contributed by atoms with Crippen LogP contribution in [0.1, 0.15) is 19.4 Å². The van der Waals surface area contributed by atoms with Crippen molar-refractivity contribution in [1.29, 1.82) is 0 Å². The zero-order valence-electron chi connectivity index (χ0n) is 11.4. The van der Waals surface area contributed by atoms with E-state index in [-0.39, 0.29) is 11.8 Å². The highest BCUT2D eigenvalue weighted by molar-refractivity contribution is 5.61. The maximum absolute atomic E-state index is 13.3. The Morgan fingerprint density at radius 3 is 2.67 bits per heavy atom. The van der Waals surface area contributed by atoms with E-state index in [1.54, 1.807) is 13.8 Å². The summed E-state index contributed by atoms with van der Waals surface area (Å²) in [6.45, 7) is 3.23. The van der Waals surface area contributed by atoms with Gasteiger partial charge in [0.25, 0.3) is 0 Å². The van der Waals surface area contributed by atoms with Crippen LogP contribution in [0.2, 0.25) is 0 Å². The summed E-state index contributed by atoms with van der Waals surface area (Å²) in [4.78, 5) is 12.2. The number of aliphatic hydroxyl groups is 1. The molecule has 3 N–H and O–H groups in total. The maximum atomic E-state index is 13.3. The average Bonchev–Trinajstić information content (AvgIpc) is 2.83. The van der Waals surface area contributed by atoms with Gasteiger partial charge in [-0.05, 0) is 19.9 Å². The van der Waals surface area contributed by atoms with E-state index >= 15 is 0 Å². The fourth-order valence-corrected chi connectivity index (χ4v) is 1.99. The first-order chi connectivity index (χ1) is 9.86. The van der Waals surface area contributed by atoms with Gasteiger partial charge in [-0.25, -0.2) is 9.37 Å². The van der Waals surface area contributed by atoms with Crippen LogP contribution in [0.3, 0.4) is 0 Å². The number of anilines is 1. The first kappa shape index (κ1) is 13.4. The number of hydrogen-bond acceptors (Lipinski definition) is 6. The van der Waals surface area contributed by atoms with Crippen LogP contribution in [0.4, 0.5) is 10.3 Å². The lowest BCUT2D eigenvalue weighted by molar-refractivity contribution is 0.0799. The fraction of sp³-hybridized carbons (Fsp3) is 0.231. The minimum Gasteiger partial charge on any atom is -0.386 e. The topological polar surface area (TPSA) is 102 Å². The molecule has 0 spiro atoms. The molecular formula is C13H13FN6O. The summed E-state index contributed by atoms with van der Waals surface area (Å²) < 4.78 is 14.6. The first-order valence-corrected chi connectivity index (χ1v) is 6.21. The predicted octanol–water partition coefficient (Wildman–Crippen LogP) is 1.14. The van der Waals surface area contributed by atoms with Gasteiger partial charge in [0, 0.05) is 17.3 Å². The lowest BCUT2D eigenvalue weighted by Gasteiger charge is -2.15. The van der Waals surface area contributed by atoms with Crippen LogP contribution in [0.5, 0.6) is 0 Å². The van der Waals surface area contributed by atoms with E-state index in [0.717, 1.165) is 6.20 Å². The zero-order chi connectivity index (χ0) is 15.2. The lowest BCUT2D eigenvalue weighted by Crippen LogP contribution is -2.16. The van der Waals surface area contributed by atoms with Crippen molar-refractivity contribution in [2.45, 2.75) is 19.4 Å². The van der Waals surface area contributed by atoms with Crippen LogP contribution in [0.15, 0.2) is 24.7 Å². The van der Waals surface area contributed by atoms with Crippen LogP contribution >= 0.6 is 0 Å². The molecule has 0 saturated carbocycles. The molecule has 8 heteroatoms. The molecule has 0 aliphatic rings. The molecule has 0 amide bonds. The number of rotatable bonds is 2. The second kappa shape index (κ2) is 4.45. The first-order valence-electron chi connectivity index (χ1n) is 6.21. The molecule has 3 aromatic heterocycles. The molecule has 3 rings (SSSR count). The molecule has 21 heavy (non-hydrogen) atoms. The van der Waals surface area contributed by atoms with Gasteiger partial charge in [0.15, 0.2) is 11.5 Å². The molecule has 108 valence electrons. The third-order valence-electron chi connectivity index (χ3n) is 3.02. The molecule has 0 unspecified atom stereocenters. The summed E-state index contributed by atoms with van der Waals surface area (Å²) in [6, 6.07) is 1.26. The molecule has 3 heterocycles. The Morgan fingerprint density at radius 1 is 1.24 bits per heavy atom. The normalized spacial score (nSPS) is 12.0. The Kier molecular flexibility index (Phi) is 2.84. The Bertz CT molecular complexity index is 823. The number of hydrogen-bond donors (Lipinski definition) is 2. The second-order valence-corrected chi connectivity index (χ2v) is 5.15. The van der Waals surface area contributed by atoms with E-state index in [1.807, 2.05) is 0 Å². The van der Waals surface area contributed by atoms with Gasteiger partial charge < -0.3 is 10.8 Å². The van der Waals surface area contributed by atoms with Gasteiger partial charge in [-0.1, -0.05) is 0 Å². The molecule has 0 aromatic carbocycles. The highest BCUT2D eigenvalue weighted by Gasteiger charge is 2.24. The number of pyridine rings is 1. The number of nitrogens with zero attached hydrogens (tertiary/aromatic N) is 5. The van der Waals surface area contributed by atoms with E-state index < -0.39 is 11.4 Å². The van der Waals surface area contributed by atoms with Gasteiger partial charge in [0.2, 0.25) is 5.95 Å². The number of nitrogens with two attached hydrogens (primary N) is 1. The van der Waals surface area contributed by atoms with Crippen LogP contribution in [0, 0.1) is 5.82 Å². The van der Waals surface area contributed by atoms with Crippen molar-refractivity contribution in [3.8, 4) is 11.4 Å². The number of halogens is 1. The molecule has 0 radical (unpaired) electrons. The fourth-order valence-electron chi connectivity index (χ4n) is 1.99. The maximum Gasteiger partial charge on any atom is 0.225 e. The molecule has 0 aliphatic carbocycles. The van der Waals surface area contributed by atoms with Crippen LogP contribution in [0.25, 0.3) is 17.0 Å². The molecule has 0 saturated heterocycles. The van der Waals surface area contributed by atoms with E-state index in [0.29, 0.717) is 16.8 Å². The van der Waals surface area contributed by atoms with Crippen molar-refractivity contribution >= 4 is 11.6 Å². The van der Waals surface area contributed by atoms with Crippen molar-refractivity contribution in [1.82, 2.24) is 24.6 Å². The molecule has 3 aromatic rings. The highest BCUT2D eigenvalue weighted by Crippen LogP contribution is 2.26. The molecule has 0 bridgehead atoms. The molecule has 0 aliphatic heterocycles. The van der Waals surface area contributed by atoms with Crippen molar-refractivity contribution in [3.05, 3.63) is 36.0 Å². The number of aromatic nitrogens is 5. The minimum absolute atomic E-state index is 0.0924. The molecule has 0 fully saturated rings. The Hall–Kier alpha value is -2.61. The van der Waals surface area contributed by atoms with Crippen LogP contribution < -0.4 is 5.73 Å². The summed E-state index contributed by atoms with van der Waals surface area (Å²) >= 11 is 0. The van der Waals surface area contributed by atoms with Gasteiger partial charge in [-0.3, -0.25) is 4.98 Å². The van der Waals surface area contributed by atoms with Crippen LogP contribution in [-0.4, -0.2) is 29.7 Å². The summed E-state index contributed by atoms with van der Waals surface area (Å²) in [5.41, 5.74) is 5.97. The zero-order valence-corrected chi connectivity index (χ0v) is 11.4. The van der Waals surface area contributed by atoms with E-state index in [2.05, 4.69) is 20.1 Å². The Labute approximate surface area is 119 Å². The van der Waals surface area contributed by atoms with Crippen LogP contribution in [-0.2, 0) is 5.60 Å². The number of nitrogen functional groups attached to an aromatic ring is 1. The average molecular weight is 288 g/mol. The van der Waals surface area contributed by atoms with Crippen molar-refractivity contribution < 1.29 is 9.50 Å². The van der Waals surface area contributed by atoms with Gasteiger partial charge in [0.05, 0.1) is 18.0 Å². The largest absolute Gasteiger partial charge is 0.386 e. The van der Waals surface area contributed by atoms with Gasteiger partial charge >= 0.3 is 0 Å². The van der Waals surface area contributed by atoms with Gasteiger partial charge in [0.1, 0.15) is 5.82 Å². The molecule has 0 atom stereocenters. The van der Waals surface area contributed by atoms with Crippen molar-refractivity contribution in [2.24, 2.45) is 0 Å². The van der Waals surface area contributed by atoms with E-state index in [9.17, 15) is 9.50 Å². The predicted molar refractivity (Wildman–Crippen MR) is 73.6 cm³/mol.